The Morgan fingerprint density at radius 2 is 2.12 bits per heavy atom. The predicted molar refractivity (Wildman–Crippen MR) is 93.7 cm³/mol. The van der Waals surface area contributed by atoms with Crippen LogP contribution in [0.5, 0.6) is 0 Å². The van der Waals surface area contributed by atoms with E-state index in [4.69, 9.17) is 0 Å². The molecule has 0 saturated carbocycles. The maximum atomic E-state index is 12.3. The lowest BCUT2D eigenvalue weighted by Gasteiger charge is -2.17. The first-order chi connectivity index (χ1) is 11.6. The molecule has 6 heteroatoms. The van der Waals surface area contributed by atoms with E-state index in [-0.39, 0.29) is 24.2 Å². The van der Waals surface area contributed by atoms with Gasteiger partial charge < -0.3 is 10.2 Å². The van der Waals surface area contributed by atoms with Crippen LogP contribution in [-0.2, 0) is 22.7 Å². The van der Waals surface area contributed by atoms with E-state index < -0.39 is 0 Å². The minimum Gasteiger partial charge on any atom is -0.352 e. The Hall–Kier alpha value is -2.21. The quantitative estimate of drug-likeness (QED) is 0.856. The van der Waals surface area contributed by atoms with Gasteiger partial charge in [0.05, 0.1) is 5.92 Å². The lowest BCUT2D eigenvalue weighted by molar-refractivity contribution is -0.129. The first-order valence-corrected chi connectivity index (χ1v) is 8.60. The molecule has 0 unspecified atom stereocenters. The molecule has 2 aromatic rings. The number of carbonyl (C=O) groups is 2. The van der Waals surface area contributed by atoms with Gasteiger partial charge in [-0.05, 0) is 29.3 Å². The fraction of sp³-hybridized carbons (Fsp3) is 0.278. The number of nitrogens with one attached hydrogen (secondary N) is 1. The number of amides is 2. The van der Waals surface area contributed by atoms with Crippen LogP contribution in [0.1, 0.15) is 17.5 Å². The number of rotatable bonds is 5. The van der Waals surface area contributed by atoms with Crippen molar-refractivity contribution in [2.24, 2.45) is 5.92 Å². The van der Waals surface area contributed by atoms with Crippen LogP contribution in [0, 0.1) is 5.92 Å². The molecule has 0 bridgehead atoms. The molecule has 1 aromatic carbocycles. The highest BCUT2D eigenvalue weighted by molar-refractivity contribution is 9.10. The number of nitrogens with zero attached hydrogens (tertiary/aromatic N) is 2. The Kier molecular flexibility index (Phi) is 5.25. The molecule has 1 atom stereocenters. The van der Waals surface area contributed by atoms with E-state index in [0.717, 1.165) is 15.6 Å². The Morgan fingerprint density at radius 1 is 1.29 bits per heavy atom. The van der Waals surface area contributed by atoms with Gasteiger partial charge in [0.1, 0.15) is 0 Å². The summed E-state index contributed by atoms with van der Waals surface area (Å²) in [5.74, 6) is -0.346. The van der Waals surface area contributed by atoms with E-state index in [1.165, 1.54) is 0 Å². The summed E-state index contributed by atoms with van der Waals surface area (Å²) in [6, 6.07) is 11.6. The molecule has 2 amide bonds. The smallest absolute Gasteiger partial charge is 0.225 e. The van der Waals surface area contributed by atoms with Gasteiger partial charge in [-0.15, -0.1) is 0 Å². The van der Waals surface area contributed by atoms with Crippen LogP contribution in [0.3, 0.4) is 0 Å². The average molecular weight is 388 g/mol. The molecular weight excluding hydrogens is 370 g/mol. The molecule has 2 heterocycles. The molecule has 0 spiro atoms. The van der Waals surface area contributed by atoms with Gasteiger partial charge in [0, 0.05) is 42.9 Å². The Morgan fingerprint density at radius 3 is 2.88 bits per heavy atom. The van der Waals surface area contributed by atoms with Crippen molar-refractivity contribution in [2.45, 2.75) is 19.5 Å². The lowest BCUT2D eigenvalue weighted by atomic mass is 10.1. The van der Waals surface area contributed by atoms with E-state index in [0.29, 0.717) is 19.6 Å². The largest absolute Gasteiger partial charge is 0.352 e. The number of pyridine rings is 1. The predicted octanol–water partition coefficient (Wildman–Crippen LogP) is 2.51. The van der Waals surface area contributed by atoms with E-state index in [9.17, 15) is 9.59 Å². The zero-order valence-electron chi connectivity index (χ0n) is 13.1. The number of likely N-dealkylation sites (tertiary alicyclic amines) is 1. The summed E-state index contributed by atoms with van der Waals surface area (Å²) in [6.07, 6.45) is 3.69. The molecule has 1 aliphatic heterocycles. The second kappa shape index (κ2) is 7.57. The van der Waals surface area contributed by atoms with E-state index >= 15 is 0 Å². The SMILES string of the molecule is O=C(NCc1cccnc1)[C@H]1CC(=O)N(Cc2cccc(Br)c2)C1. The summed E-state index contributed by atoms with van der Waals surface area (Å²) in [4.78, 5) is 30.2. The summed E-state index contributed by atoms with van der Waals surface area (Å²) in [5.41, 5.74) is 2.00. The minimum atomic E-state index is -0.290. The van der Waals surface area contributed by atoms with Crippen molar-refractivity contribution in [3.05, 3.63) is 64.4 Å². The Bertz CT molecular complexity index is 736. The molecule has 5 nitrogen and oxygen atoms in total. The fourth-order valence-corrected chi connectivity index (χ4v) is 3.24. The maximum Gasteiger partial charge on any atom is 0.225 e. The molecule has 24 heavy (non-hydrogen) atoms. The topological polar surface area (TPSA) is 62.3 Å². The molecule has 0 aliphatic carbocycles. The lowest BCUT2D eigenvalue weighted by Crippen LogP contribution is -2.32. The van der Waals surface area contributed by atoms with Crippen LogP contribution >= 0.6 is 15.9 Å². The number of aromatic nitrogens is 1. The van der Waals surface area contributed by atoms with Gasteiger partial charge in [0.25, 0.3) is 0 Å². The van der Waals surface area contributed by atoms with Crippen molar-refractivity contribution < 1.29 is 9.59 Å². The summed E-state index contributed by atoms with van der Waals surface area (Å²) < 4.78 is 0.984. The zero-order chi connectivity index (χ0) is 16.9. The third-order valence-electron chi connectivity index (χ3n) is 4.04. The van der Waals surface area contributed by atoms with Gasteiger partial charge in [0.15, 0.2) is 0 Å². The van der Waals surface area contributed by atoms with Gasteiger partial charge in [-0.1, -0.05) is 34.1 Å². The Balaban J connectivity index is 1.55. The van der Waals surface area contributed by atoms with Gasteiger partial charge >= 0.3 is 0 Å². The monoisotopic (exact) mass is 387 g/mol. The average Bonchev–Trinajstić information content (AvgIpc) is 2.94. The van der Waals surface area contributed by atoms with E-state index in [1.54, 1.807) is 17.3 Å². The van der Waals surface area contributed by atoms with Gasteiger partial charge in [-0.3, -0.25) is 14.6 Å². The van der Waals surface area contributed by atoms with Crippen LogP contribution in [0.25, 0.3) is 0 Å². The zero-order valence-corrected chi connectivity index (χ0v) is 14.7. The first-order valence-electron chi connectivity index (χ1n) is 7.80. The Labute approximate surface area is 149 Å². The van der Waals surface area contributed by atoms with Gasteiger partial charge in [0.2, 0.25) is 11.8 Å². The number of hydrogen-bond donors (Lipinski definition) is 1. The van der Waals surface area contributed by atoms with Crippen molar-refractivity contribution in [1.29, 1.82) is 0 Å². The molecule has 1 aliphatic rings. The van der Waals surface area contributed by atoms with E-state index in [1.807, 2.05) is 36.4 Å². The minimum absolute atomic E-state index is 0.0245. The molecule has 1 N–H and O–H groups in total. The third-order valence-corrected chi connectivity index (χ3v) is 4.53. The number of benzene rings is 1. The highest BCUT2D eigenvalue weighted by Gasteiger charge is 2.34. The summed E-state index contributed by atoms with van der Waals surface area (Å²) >= 11 is 3.43. The summed E-state index contributed by atoms with van der Waals surface area (Å²) in [5, 5.41) is 2.89. The molecule has 0 radical (unpaired) electrons. The van der Waals surface area contributed by atoms with Crippen LogP contribution in [0.15, 0.2) is 53.3 Å². The fourth-order valence-electron chi connectivity index (χ4n) is 2.79. The van der Waals surface area contributed by atoms with E-state index in [2.05, 4.69) is 26.2 Å². The van der Waals surface area contributed by atoms with Crippen LogP contribution in [0.4, 0.5) is 0 Å². The van der Waals surface area contributed by atoms with Gasteiger partial charge in [-0.25, -0.2) is 0 Å². The molecule has 124 valence electrons. The van der Waals surface area contributed by atoms with Crippen LogP contribution in [-0.4, -0.2) is 28.2 Å². The number of hydrogen-bond acceptors (Lipinski definition) is 3. The summed E-state index contributed by atoms with van der Waals surface area (Å²) in [7, 11) is 0. The highest BCUT2D eigenvalue weighted by Crippen LogP contribution is 2.21. The van der Waals surface area contributed by atoms with Crippen molar-refractivity contribution >= 4 is 27.7 Å². The number of halogens is 1. The summed E-state index contributed by atoms with van der Waals surface area (Å²) in [6.45, 7) is 1.43. The molecule has 1 aromatic heterocycles. The second-order valence-corrected chi connectivity index (χ2v) is 6.80. The molecule has 1 saturated heterocycles. The first kappa shape index (κ1) is 16.6. The number of carbonyl (C=O) groups excluding carboxylic acids is 2. The molecule has 3 rings (SSSR count). The van der Waals surface area contributed by atoms with Gasteiger partial charge in [-0.2, -0.15) is 0 Å². The van der Waals surface area contributed by atoms with Crippen LogP contribution < -0.4 is 5.32 Å². The third kappa shape index (κ3) is 4.20. The highest BCUT2D eigenvalue weighted by atomic mass is 79.9. The van der Waals surface area contributed by atoms with Crippen molar-refractivity contribution in [2.75, 3.05) is 6.54 Å². The molecular formula is C18H18BrN3O2. The normalized spacial score (nSPS) is 17.1. The van der Waals surface area contributed by atoms with Crippen molar-refractivity contribution in [3.63, 3.8) is 0 Å². The van der Waals surface area contributed by atoms with Crippen LogP contribution in [0.2, 0.25) is 0 Å². The van der Waals surface area contributed by atoms with Crippen molar-refractivity contribution in [1.82, 2.24) is 15.2 Å². The maximum absolute atomic E-state index is 12.3. The van der Waals surface area contributed by atoms with Crippen molar-refractivity contribution in [3.8, 4) is 0 Å². The second-order valence-electron chi connectivity index (χ2n) is 5.88. The standard InChI is InChI=1S/C18H18BrN3O2/c19-16-5-1-3-13(7-16)11-22-12-15(8-17(22)23)18(24)21-10-14-4-2-6-20-9-14/h1-7,9,15H,8,10-12H2,(H,21,24)/t15-/m0/s1. The molecule has 1 fully saturated rings.